The first-order chi connectivity index (χ1) is 5.36. The van der Waals surface area contributed by atoms with E-state index in [0.29, 0.717) is 0 Å². The monoisotopic (exact) mass is 181 g/mol. The molecule has 3 heteroatoms. The topological polar surface area (TPSA) is 12.9 Å². The SMILES string of the molecule is Cc1csc(-c2cccs2)n1. The van der Waals surface area contributed by atoms with Gasteiger partial charge in [-0.1, -0.05) is 6.07 Å². The van der Waals surface area contributed by atoms with Crippen molar-refractivity contribution in [3.8, 4) is 9.88 Å². The number of thiophene rings is 1. The number of hydrogen-bond donors (Lipinski definition) is 0. The Morgan fingerprint density at radius 1 is 1.36 bits per heavy atom. The summed E-state index contributed by atoms with van der Waals surface area (Å²) in [7, 11) is 0. The molecule has 0 saturated carbocycles. The van der Waals surface area contributed by atoms with Crippen molar-refractivity contribution in [2.24, 2.45) is 0 Å². The quantitative estimate of drug-likeness (QED) is 0.658. The summed E-state index contributed by atoms with van der Waals surface area (Å²) in [6, 6.07) is 4.15. The fourth-order valence-electron chi connectivity index (χ4n) is 0.867. The summed E-state index contributed by atoms with van der Waals surface area (Å²) >= 11 is 3.44. The van der Waals surface area contributed by atoms with E-state index in [4.69, 9.17) is 0 Å². The molecule has 1 nitrogen and oxygen atoms in total. The molecule has 2 rings (SSSR count). The molecular weight excluding hydrogens is 174 g/mol. The van der Waals surface area contributed by atoms with Crippen molar-refractivity contribution in [2.75, 3.05) is 0 Å². The van der Waals surface area contributed by atoms with E-state index in [9.17, 15) is 0 Å². The summed E-state index contributed by atoms with van der Waals surface area (Å²) in [4.78, 5) is 5.65. The van der Waals surface area contributed by atoms with Gasteiger partial charge in [0.2, 0.25) is 0 Å². The highest BCUT2D eigenvalue weighted by atomic mass is 32.1. The smallest absolute Gasteiger partial charge is 0.133 e. The van der Waals surface area contributed by atoms with Gasteiger partial charge in [-0.25, -0.2) is 4.98 Å². The maximum absolute atomic E-state index is 4.38. The van der Waals surface area contributed by atoms with Gasteiger partial charge in [0.15, 0.2) is 0 Å². The first kappa shape index (κ1) is 7.00. The minimum Gasteiger partial charge on any atom is -0.241 e. The van der Waals surface area contributed by atoms with Crippen molar-refractivity contribution in [3.05, 3.63) is 28.6 Å². The largest absolute Gasteiger partial charge is 0.241 e. The molecule has 0 aromatic carbocycles. The van der Waals surface area contributed by atoms with E-state index in [-0.39, 0.29) is 0 Å². The van der Waals surface area contributed by atoms with Crippen molar-refractivity contribution < 1.29 is 0 Å². The molecule has 0 fully saturated rings. The molecule has 0 bridgehead atoms. The van der Waals surface area contributed by atoms with Crippen LogP contribution < -0.4 is 0 Å². The third-order valence-electron chi connectivity index (χ3n) is 1.35. The molecule has 0 atom stereocenters. The Labute approximate surface area is 73.4 Å². The number of rotatable bonds is 1. The molecule has 0 amide bonds. The second-order valence-electron chi connectivity index (χ2n) is 2.27. The van der Waals surface area contributed by atoms with Gasteiger partial charge in [-0.2, -0.15) is 0 Å². The van der Waals surface area contributed by atoms with Crippen molar-refractivity contribution in [2.45, 2.75) is 6.92 Å². The van der Waals surface area contributed by atoms with E-state index < -0.39 is 0 Å². The minimum absolute atomic E-state index is 1.11. The molecule has 2 heterocycles. The average molecular weight is 181 g/mol. The highest BCUT2D eigenvalue weighted by Crippen LogP contribution is 2.27. The van der Waals surface area contributed by atoms with Crippen LogP contribution in [0.2, 0.25) is 0 Å². The van der Waals surface area contributed by atoms with Gasteiger partial charge in [0.05, 0.1) is 4.88 Å². The van der Waals surface area contributed by atoms with Crippen LogP contribution in [0, 0.1) is 6.92 Å². The van der Waals surface area contributed by atoms with E-state index in [2.05, 4.69) is 27.9 Å². The zero-order valence-electron chi connectivity index (χ0n) is 6.07. The molecule has 2 aromatic rings. The van der Waals surface area contributed by atoms with Crippen LogP contribution in [-0.4, -0.2) is 4.98 Å². The van der Waals surface area contributed by atoms with Crippen molar-refractivity contribution >= 4 is 22.7 Å². The fourth-order valence-corrected chi connectivity index (χ4v) is 2.48. The Hall–Kier alpha value is -0.670. The van der Waals surface area contributed by atoms with Gasteiger partial charge in [-0.05, 0) is 18.4 Å². The van der Waals surface area contributed by atoms with Crippen LogP contribution in [0.1, 0.15) is 5.69 Å². The molecule has 56 valence electrons. The summed E-state index contributed by atoms with van der Waals surface area (Å²) in [6.07, 6.45) is 0. The van der Waals surface area contributed by atoms with Crippen molar-refractivity contribution in [1.82, 2.24) is 4.98 Å². The zero-order chi connectivity index (χ0) is 7.68. The van der Waals surface area contributed by atoms with Gasteiger partial charge in [0.1, 0.15) is 5.01 Å². The van der Waals surface area contributed by atoms with Crippen LogP contribution in [-0.2, 0) is 0 Å². The van der Waals surface area contributed by atoms with Gasteiger partial charge in [-0.3, -0.25) is 0 Å². The summed E-state index contributed by atoms with van der Waals surface area (Å²) in [6.45, 7) is 2.02. The average Bonchev–Trinajstić information content (AvgIpc) is 2.55. The molecule has 0 unspecified atom stereocenters. The van der Waals surface area contributed by atoms with Gasteiger partial charge in [0, 0.05) is 11.1 Å². The number of thiazole rings is 1. The van der Waals surface area contributed by atoms with Gasteiger partial charge in [0.25, 0.3) is 0 Å². The fraction of sp³-hybridized carbons (Fsp3) is 0.125. The Morgan fingerprint density at radius 2 is 2.27 bits per heavy atom. The standard InChI is InChI=1S/C8H7NS2/c1-6-5-11-8(9-6)7-3-2-4-10-7/h2-5H,1H3. The predicted molar refractivity (Wildman–Crippen MR) is 50.2 cm³/mol. The maximum atomic E-state index is 4.38. The van der Waals surface area contributed by atoms with Gasteiger partial charge < -0.3 is 0 Å². The normalized spacial score (nSPS) is 10.3. The summed E-state index contributed by atoms with van der Waals surface area (Å²) in [5.74, 6) is 0. The lowest BCUT2D eigenvalue weighted by atomic mass is 10.5. The summed E-state index contributed by atoms with van der Waals surface area (Å²) in [5, 5.41) is 5.29. The molecule has 2 aromatic heterocycles. The number of aryl methyl sites for hydroxylation is 1. The summed E-state index contributed by atoms with van der Waals surface area (Å²) < 4.78 is 0. The van der Waals surface area contributed by atoms with E-state index >= 15 is 0 Å². The van der Waals surface area contributed by atoms with Crippen molar-refractivity contribution in [1.29, 1.82) is 0 Å². The Kier molecular flexibility index (Phi) is 1.75. The molecule has 0 radical (unpaired) electrons. The van der Waals surface area contributed by atoms with Crippen LogP contribution in [0.15, 0.2) is 22.9 Å². The molecular formula is C8H7NS2. The Bertz CT molecular complexity index is 335. The number of nitrogens with zero attached hydrogens (tertiary/aromatic N) is 1. The highest BCUT2D eigenvalue weighted by molar-refractivity contribution is 7.20. The highest BCUT2D eigenvalue weighted by Gasteiger charge is 2.01. The number of hydrogen-bond acceptors (Lipinski definition) is 3. The molecule has 0 aliphatic rings. The van der Waals surface area contributed by atoms with Crippen LogP contribution in [0.3, 0.4) is 0 Å². The lowest BCUT2D eigenvalue weighted by molar-refractivity contribution is 1.27. The second-order valence-corrected chi connectivity index (χ2v) is 4.08. The molecule has 0 aliphatic heterocycles. The van der Waals surface area contributed by atoms with Gasteiger partial charge in [-0.15, -0.1) is 22.7 Å². The first-order valence-electron chi connectivity index (χ1n) is 3.32. The van der Waals surface area contributed by atoms with Crippen molar-refractivity contribution in [3.63, 3.8) is 0 Å². The van der Waals surface area contributed by atoms with E-state index in [0.717, 1.165) is 10.7 Å². The molecule has 0 saturated heterocycles. The first-order valence-corrected chi connectivity index (χ1v) is 5.08. The Balaban J connectivity index is 2.45. The zero-order valence-corrected chi connectivity index (χ0v) is 7.71. The van der Waals surface area contributed by atoms with Crippen LogP contribution in [0.5, 0.6) is 0 Å². The minimum atomic E-state index is 1.11. The lowest BCUT2D eigenvalue weighted by Gasteiger charge is -1.84. The van der Waals surface area contributed by atoms with Crippen LogP contribution in [0.25, 0.3) is 9.88 Å². The molecule has 11 heavy (non-hydrogen) atoms. The van der Waals surface area contributed by atoms with E-state index in [1.54, 1.807) is 22.7 Å². The second kappa shape index (κ2) is 2.75. The van der Waals surface area contributed by atoms with E-state index in [1.165, 1.54) is 4.88 Å². The summed E-state index contributed by atoms with van der Waals surface area (Å²) in [5.41, 5.74) is 1.11. The van der Waals surface area contributed by atoms with Crippen LogP contribution in [0.4, 0.5) is 0 Å². The third kappa shape index (κ3) is 1.34. The third-order valence-corrected chi connectivity index (χ3v) is 3.35. The molecule has 0 spiro atoms. The lowest BCUT2D eigenvalue weighted by Crippen LogP contribution is -1.69. The molecule has 0 aliphatic carbocycles. The predicted octanol–water partition coefficient (Wildman–Crippen LogP) is 3.18. The number of aromatic nitrogens is 1. The van der Waals surface area contributed by atoms with Crippen LogP contribution >= 0.6 is 22.7 Å². The van der Waals surface area contributed by atoms with E-state index in [1.807, 2.05) is 6.92 Å². The van der Waals surface area contributed by atoms with Gasteiger partial charge >= 0.3 is 0 Å². The Morgan fingerprint density at radius 3 is 2.82 bits per heavy atom. The maximum Gasteiger partial charge on any atom is 0.133 e. The molecule has 0 N–H and O–H groups in total.